The van der Waals surface area contributed by atoms with Gasteiger partial charge >= 0.3 is 0 Å². The van der Waals surface area contributed by atoms with E-state index in [-0.39, 0.29) is 11.7 Å². The van der Waals surface area contributed by atoms with Gasteiger partial charge in [-0.25, -0.2) is 9.37 Å². The number of amides is 1. The van der Waals surface area contributed by atoms with Gasteiger partial charge in [0.25, 0.3) is 0 Å². The van der Waals surface area contributed by atoms with Crippen LogP contribution in [0, 0.1) is 5.82 Å². The third-order valence-electron chi connectivity index (χ3n) is 3.10. The molecule has 1 aromatic heterocycles. The molecule has 1 fully saturated rings. The van der Waals surface area contributed by atoms with Crippen LogP contribution in [-0.2, 0) is 4.79 Å². The van der Waals surface area contributed by atoms with Gasteiger partial charge in [0.05, 0.1) is 10.7 Å². The third-order valence-corrected chi connectivity index (χ3v) is 4.90. The molecule has 0 aliphatic carbocycles. The second kappa shape index (κ2) is 6.50. The van der Waals surface area contributed by atoms with Crippen molar-refractivity contribution in [1.82, 2.24) is 9.88 Å². The first kappa shape index (κ1) is 15.1. The van der Waals surface area contributed by atoms with Crippen LogP contribution in [0.3, 0.4) is 0 Å². The van der Waals surface area contributed by atoms with Gasteiger partial charge in [-0.3, -0.25) is 4.79 Å². The number of nitrogens with one attached hydrogen (secondary N) is 1. The van der Waals surface area contributed by atoms with Crippen molar-refractivity contribution in [2.24, 2.45) is 0 Å². The fraction of sp³-hybridized carbons (Fsp3) is 0.200. The van der Waals surface area contributed by atoms with Crippen molar-refractivity contribution >= 4 is 45.9 Å². The van der Waals surface area contributed by atoms with E-state index in [4.69, 9.17) is 0 Å². The summed E-state index contributed by atoms with van der Waals surface area (Å²) < 4.78 is 12.9. The molecule has 2 heterocycles. The highest BCUT2D eigenvalue weighted by atomic mass is 32.2. The number of halogens is 1. The fourth-order valence-electron chi connectivity index (χ4n) is 2.05. The van der Waals surface area contributed by atoms with Crippen LogP contribution in [0.1, 0.15) is 12.6 Å². The second-order valence-electron chi connectivity index (χ2n) is 4.71. The molecule has 4 nitrogen and oxygen atoms in total. The summed E-state index contributed by atoms with van der Waals surface area (Å²) in [5, 5.41) is 6.73. The van der Waals surface area contributed by atoms with Crippen LogP contribution in [0.4, 0.5) is 15.2 Å². The molecule has 114 valence electrons. The minimum Gasteiger partial charge on any atom is -0.332 e. The lowest BCUT2D eigenvalue weighted by Gasteiger charge is -2.13. The second-order valence-corrected chi connectivity index (χ2v) is 6.68. The number of hydrogen-bond donors (Lipinski definition) is 1. The maximum absolute atomic E-state index is 12.9. The van der Waals surface area contributed by atoms with Crippen molar-refractivity contribution in [2.75, 3.05) is 17.6 Å². The molecule has 1 aliphatic heterocycles. The van der Waals surface area contributed by atoms with E-state index in [0.717, 1.165) is 33.8 Å². The molecule has 0 saturated carbocycles. The monoisotopic (exact) mass is 335 g/mol. The Morgan fingerprint density at radius 1 is 1.41 bits per heavy atom. The highest BCUT2D eigenvalue weighted by Crippen LogP contribution is 2.31. The Hall–Kier alpha value is -1.86. The maximum Gasteiger partial charge on any atom is 0.224 e. The van der Waals surface area contributed by atoms with Crippen molar-refractivity contribution in [1.29, 1.82) is 0 Å². The Balaban J connectivity index is 1.73. The SMILES string of the molecule is CC(=O)N1CCS/C1=C/c1csc(Nc2ccc(F)cc2)n1. The summed E-state index contributed by atoms with van der Waals surface area (Å²) in [6.45, 7) is 2.32. The number of anilines is 2. The van der Waals surface area contributed by atoms with Gasteiger partial charge in [0.15, 0.2) is 5.13 Å². The van der Waals surface area contributed by atoms with E-state index >= 15 is 0 Å². The van der Waals surface area contributed by atoms with E-state index in [2.05, 4.69) is 10.3 Å². The average Bonchev–Trinajstić information content (AvgIpc) is 3.11. The molecular formula is C15H14FN3OS2. The van der Waals surface area contributed by atoms with Gasteiger partial charge in [-0.15, -0.1) is 23.1 Å². The van der Waals surface area contributed by atoms with Gasteiger partial charge in [-0.1, -0.05) is 0 Å². The first-order valence-electron chi connectivity index (χ1n) is 6.72. The average molecular weight is 335 g/mol. The topological polar surface area (TPSA) is 45.2 Å². The number of nitrogens with zero attached hydrogens (tertiary/aromatic N) is 2. The van der Waals surface area contributed by atoms with Crippen LogP contribution in [-0.4, -0.2) is 28.1 Å². The Morgan fingerprint density at radius 2 is 2.18 bits per heavy atom. The first-order chi connectivity index (χ1) is 10.6. The van der Waals surface area contributed by atoms with E-state index in [0.29, 0.717) is 0 Å². The lowest BCUT2D eigenvalue weighted by atomic mass is 10.3. The molecule has 7 heteroatoms. The molecule has 0 spiro atoms. The molecular weight excluding hydrogens is 321 g/mol. The number of aromatic nitrogens is 1. The number of thiazole rings is 1. The Labute approximate surface area is 136 Å². The van der Waals surface area contributed by atoms with Crippen LogP contribution in [0.5, 0.6) is 0 Å². The highest BCUT2D eigenvalue weighted by Gasteiger charge is 2.21. The molecule has 0 bridgehead atoms. The van der Waals surface area contributed by atoms with Gasteiger partial charge in [0, 0.05) is 30.3 Å². The minimum atomic E-state index is -0.266. The van der Waals surface area contributed by atoms with Gasteiger partial charge in [0.2, 0.25) is 5.91 Å². The number of carbonyl (C=O) groups is 1. The number of rotatable bonds is 3. The van der Waals surface area contributed by atoms with Crippen molar-refractivity contribution in [3.05, 3.63) is 46.2 Å². The zero-order valence-corrected chi connectivity index (χ0v) is 13.5. The number of hydrogen-bond acceptors (Lipinski definition) is 5. The molecule has 0 unspecified atom stereocenters. The van der Waals surface area contributed by atoms with E-state index in [1.165, 1.54) is 23.5 Å². The van der Waals surface area contributed by atoms with Gasteiger partial charge in [0.1, 0.15) is 5.82 Å². The van der Waals surface area contributed by atoms with Crippen LogP contribution >= 0.6 is 23.1 Å². The molecule has 22 heavy (non-hydrogen) atoms. The highest BCUT2D eigenvalue weighted by molar-refractivity contribution is 8.03. The number of thioether (sulfide) groups is 1. The lowest BCUT2D eigenvalue weighted by molar-refractivity contribution is -0.126. The molecule has 1 saturated heterocycles. The molecule has 1 amide bonds. The lowest BCUT2D eigenvalue weighted by Crippen LogP contribution is -2.23. The van der Waals surface area contributed by atoms with E-state index in [1.54, 1.807) is 35.7 Å². The predicted molar refractivity (Wildman–Crippen MR) is 89.6 cm³/mol. The van der Waals surface area contributed by atoms with E-state index < -0.39 is 0 Å². The minimum absolute atomic E-state index is 0.0520. The Morgan fingerprint density at radius 3 is 2.91 bits per heavy atom. The van der Waals surface area contributed by atoms with Crippen molar-refractivity contribution in [2.45, 2.75) is 6.92 Å². The largest absolute Gasteiger partial charge is 0.332 e. The van der Waals surface area contributed by atoms with E-state index in [9.17, 15) is 9.18 Å². The standard InChI is InChI=1S/C15H14FN3OS2/c1-10(20)19-6-7-21-14(19)8-13-9-22-15(18-13)17-12-4-2-11(16)3-5-12/h2-5,8-9H,6-7H2,1H3,(H,17,18)/b14-8+. The molecule has 0 radical (unpaired) electrons. The smallest absolute Gasteiger partial charge is 0.224 e. The predicted octanol–water partition coefficient (Wildman–Crippen LogP) is 3.92. The van der Waals surface area contributed by atoms with Gasteiger partial charge in [-0.2, -0.15) is 0 Å². The summed E-state index contributed by atoms with van der Waals surface area (Å²) in [6.07, 6.45) is 1.92. The van der Waals surface area contributed by atoms with Crippen LogP contribution in [0.15, 0.2) is 34.7 Å². The molecule has 0 atom stereocenters. The fourth-order valence-corrected chi connectivity index (χ4v) is 3.81. The molecule has 1 aromatic carbocycles. The summed E-state index contributed by atoms with van der Waals surface area (Å²) in [5.74, 6) is 0.699. The summed E-state index contributed by atoms with van der Waals surface area (Å²) in [5.41, 5.74) is 1.60. The first-order valence-corrected chi connectivity index (χ1v) is 8.59. The van der Waals surface area contributed by atoms with Crippen molar-refractivity contribution in [3.63, 3.8) is 0 Å². The summed E-state index contributed by atoms with van der Waals surface area (Å²) in [6, 6.07) is 6.13. The van der Waals surface area contributed by atoms with Gasteiger partial charge in [-0.05, 0) is 30.3 Å². The molecule has 3 rings (SSSR count). The van der Waals surface area contributed by atoms with Gasteiger partial charge < -0.3 is 10.2 Å². The summed E-state index contributed by atoms with van der Waals surface area (Å²) in [4.78, 5) is 17.8. The van der Waals surface area contributed by atoms with Crippen LogP contribution in [0.2, 0.25) is 0 Å². The zero-order chi connectivity index (χ0) is 15.5. The molecule has 2 aromatic rings. The maximum atomic E-state index is 12.9. The Kier molecular flexibility index (Phi) is 4.44. The van der Waals surface area contributed by atoms with Crippen molar-refractivity contribution in [3.8, 4) is 0 Å². The summed E-state index contributed by atoms with van der Waals surface area (Å²) >= 11 is 3.13. The quantitative estimate of drug-likeness (QED) is 0.923. The summed E-state index contributed by atoms with van der Waals surface area (Å²) in [7, 11) is 0. The normalized spacial score (nSPS) is 16.3. The third kappa shape index (κ3) is 3.48. The zero-order valence-electron chi connectivity index (χ0n) is 11.9. The molecule has 1 N–H and O–H groups in total. The van der Waals surface area contributed by atoms with Crippen LogP contribution < -0.4 is 5.32 Å². The van der Waals surface area contributed by atoms with Crippen LogP contribution in [0.25, 0.3) is 6.08 Å². The number of benzene rings is 1. The van der Waals surface area contributed by atoms with E-state index in [1.807, 2.05) is 11.5 Å². The Bertz CT molecular complexity index is 712. The number of carbonyl (C=O) groups excluding carboxylic acids is 1. The van der Waals surface area contributed by atoms with Crippen molar-refractivity contribution < 1.29 is 9.18 Å². The molecule has 1 aliphatic rings.